The van der Waals surface area contributed by atoms with Gasteiger partial charge in [-0.2, -0.15) is 0 Å². The maximum absolute atomic E-state index is 13.7. The van der Waals surface area contributed by atoms with Gasteiger partial charge in [-0.3, -0.25) is 0 Å². The van der Waals surface area contributed by atoms with E-state index in [0.717, 1.165) is 12.1 Å². The minimum absolute atomic E-state index is 0.273. The lowest BCUT2D eigenvalue weighted by Crippen LogP contribution is -2.08. The van der Waals surface area contributed by atoms with Crippen molar-refractivity contribution in [2.45, 2.75) is 6.92 Å². The van der Waals surface area contributed by atoms with E-state index >= 15 is 0 Å². The molecule has 0 saturated heterocycles. The third kappa shape index (κ3) is 2.52. The number of halogens is 2. The van der Waals surface area contributed by atoms with E-state index in [1.54, 1.807) is 19.1 Å². The molecule has 2 N–H and O–H groups in total. The van der Waals surface area contributed by atoms with Crippen LogP contribution in [0.15, 0.2) is 30.5 Å². The summed E-state index contributed by atoms with van der Waals surface area (Å²) >= 11 is 0. The van der Waals surface area contributed by atoms with Crippen LogP contribution in [0.4, 0.5) is 20.3 Å². The summed E-state index contributed by atoms with van der Waals surface area (Å²) in [5.41, 5.74) is -0.110. The topological polar surface area (TPSA) is 62.2 Å². The molecule has 0 aliphatic rings. The number of aryl methyl sites for hydroxylation is 1. The summed E-state index contributed by atoms with van der Waals surface area (Å²) < 4.78 is 26.9. The molecule has 1 aromatic carbocycles. The van der Waals surface area contributed by atoms with Crippen LogP contribution in [-0.4, -0.2) is 16.1 Å². The lowest BCUT2D eigenvalue weighted by atomic mass is 10.1. The van der Waals surface area contributed by atoms with Gasteiger partial charge in [-0.15, -0.1) is 0 Å². The number of hydrogen-bond donors (Lipinski definition) is 2. The van der Waals surface area contributed by atoms with Crippen molar-refractivity contribution in [1.29, 1.82) is 0 Å². The lowest BCUT2D eigenvalue weighted by Gasteiger charge is -2.12. The average molecular weight is 264 g/mol. The molecular formula is C13H10F2N2O2. The summed E-state index contributed by atoms with van der Waals surface area (Å²) in [7, 11) is 0. The Hall–Kier alpha value is -2.50. The largest absolute Gasteiger partial charge is 0.478 e. The quantitative estimate of drug-likeness (QED) is 0.894. The Kier molecular flexibility index (Phi) is 3.41. The molecular weight excluding hydrogens is 254 g/mol. The van der Waals surface area contributed by atoms with Crippen LogP contribution in [0.5, 0.6) is 0 Å². The Morgan fingerprint density at radius 2 is 2.05 bits per heavy atom. The number of anilines is 2. The molecule has 4 nitrogen and oxygen atoms in total. The summed E-state index contributed by atoms with van der Waals surface area (Å²) in [4.78, 5) is 15.0. The number of nitrogens with zero attached hydrogens (tertiary/aromatic N) is 1. The van der Waals surface area contributed by atoms with Crippen molar-refractivity contribution in [1.82, 2.24) is 4.98 Å². The molecule has 0 radical (unpaired) electrons. The van der Waals surface area contributed by atoms with Gasteiger partial charge in [0.15, 0.2) is 11.6 Å². The third-order valence-electron chi connectivity index (χ3n) is 2.58. The molecule has 0 unspecified atom stereocenters. The fraction of sp³-hybridized carbons (Fsp3) is 0.0769. The molecule has 0 spiro atoms. The van der Waals surface area contributed by atoms with Crippen molar-refractivity contribution in [3.05, 3.63) is 53.2 Å². The summed E-state index contributed by atoms with van der Waals surface area (Å²) in [6, 6.07) is 5.17. The number of aromatic carboxylic acids is 1. The van der Waals surface area contributed by atoms with Gasteiger partial charge in [0, 0.05) is 6.20 Å². The van der Waals surface area contributed by atoms with E-state index in [4.69, 9.17) is 5.11 Å². The number of aromatic nitrogens is 1. The van der Waals surface area contributed by atoms with Gasteiger partial charge >= 0.3 is 5.97 Å². The second-order valence-electron chi connectivity index (χ2n) is 3.88. The van der Waals surface area contributed by atoms with E-state index in [1.165, 1.54) is 6.20 Å². The van der Waals surface area contributed by atoms with Crippen molar-refractivity contribution in [2.75, 3.05) is 5.32 Å². The van der Waals surface area contributed by atoms with Gasteiger partial charge in [-0.25, -0.2) is 18.6 Å². The van der Waals surface area contributed by atoms with Gasteiger partial charge in [0.25, 0.3) is 0 Å². The number of carboxylic acid groups (broad SMARTS) is 1. The van der Waals surface area contributed by atoms with Crippen LogP contribution in [0, 0.1) is 18.6 Å². The molecule has 2 aromatic rings. The molecule has 0 amide bonds. The first-order valence-electron chi connectivity index (χ1n) is 5.40. The third-order valence-corrected chi connectivity index (χ3v) is 2.58. The Morgan fingerprint density at radius 3 is 2.68 bits per heavy atom. The lowest BCUT2D eigenvalue weighted by molar-refractivity contribution is 0.0697. The fourth-order valence-corrected chi connectivity index (χ4v) is 1.59. The molecule has 98 valence electrons. The molecule has 1 heterocycles. The van der Waals surface area contributed by atoms with E-state index in [-0.39, 0.29) is 11.4 Å². The van der Waals surface area contributed by atoms with Gasteiger partial charge in [-0.05, 0) is 30.7 Å². The molecule has 2 rings (SSSR count). The van der Waals surface area contributed by atoms with Gasteiger partial charge in [0.2, 0.25) is 0 Å². The maximum atomic E-state index is 13.7. The second kappa shape index (κ2) is 5.01. The van der Waals surface area contributed by atoms with Crippen molar-refractivity contribution in [2.24, 2.45) is 0 Å². The molecule has 0 saturated carbocycles. The molecule has 0 aliphatic carbocycles. The number of benzene rings is 1. The van der Waals surface area contributed by atoms with E-state index < -0.39 is 23.3 Å². The number of nitrogens with one attached hydrogen (secondary N) is 1. The number of pyridine rings is 1. The number of carboxylic acids is 1. The first-order chi connectivity index (χ1) is 9.00. The molecule has 0 bridgehead atoms. The number of hydrogen-bond acceptors (Lipinski definition) is 3. The zero-order valence-corrected chi connectivity index (χ0v) is 9.95. The van der Waals surface area contributed by atoms with Gasteiger partial charge < -0.3 is 10.4 Å². The van der Waals surface area contributed by atoms with Crippen LogP contribution in [-0.2, 0) is 0 Å². The minimum Gasteiger partial charge on any atom is -0.478 e. The zero-order chi connectivity index (χ0) is 14.0. The van der Waals surface area contributed by atoms with E-state index in [0.29, 0.717) is 5.56 Å². The molecule has 6 heteroatoms. The van der Waals surface area contributed by atoms with E-state index in [2.05, 4.69) is 10.3 Å². The highest BCUT2D eigenvalue weighted by atomic mass is 19.2. The van der Waals surface area contributed by atoms with Crippen LogP contribution < -0.4 is 5.32 Å². The second-order valence-corrected chi connectivity index (χ2v) is 3.88. The fourth-order valence-electron chi connectivity index (χ4n) is 1.59. The number of rotatable bonds is 3. The molecule has 0 fully saturated rings. The zero-order valence-electron chi connectivity index (χ0n) is 9.95. The standard InChI is InChI=1S/C13H10F2N2O2/c1-7-3-2-6-16-12(7)17-11-8(13(18)19)4-5-9(14)10(11)15/h2-6H,1H3,(H,16,17)(H,18,19). The summed E-state index contributed by atoms with van der Waals surface area (Å²) in [5.74, 6) is -3.45. The SMILES string of the molecule is Cc1cccnc1Nc1c(C(=O)O)ccc(F)c1F. The van der Waals surface area contributed by atoms with Crippen LogP contribution >= 0.6 is 0 Å². The monoisotopic (exact) mass is 264 g/mol. The molecule has 0 aliphatic heterocycles. The van der Waals surface area contributed by atoms with Crippen LogP contribution in [0.3, 0.4) is 0 Å². The Labute approximate surface area is 107 Å². The minimum atomic E-state index is -1.35. The summed E-state index contributed by atoms with van der Waals surface area (Å²) in [6.07, 6.45) is 1.47. The van der Waals surface area contributed by atoms with Crippen molar-refractivity contribution >= 4 is 17.5 Å². The van der Waals surface area contributed by atoms with Crippen molar-refractivity contribution in [3.8, 4) is 0 Å². The Morgan fingerprint density at radius 1 is 1.32 bits per heavy atom. The Bertz CT molecular complexity index is 645. The average Bonchev–Trinajstić information content (AvgIpc) is 2.37. The predicted molar refractivity (Wildman–Crippen MR) is 65.6 cm³/mol. The highest BCUT2D eigenvalue weighted by Gasteiger charge is 2.19. The van der Waals surface area contributed by atoms with Crippen molar-refractivity contribution in [3.63, 3.8) is 0 Å². The normalized spacial score (nSPS) is 10.3. The van der Waals surface area contributed by atoms with Gasteiger partial charge in [0.1, 0.15) is 5.82 Å². The summed E-state index contributed by atoms with van der Waals surface area (Å²) in [6.45, 7) is 1.72. The van der Waals surface area contributed by atoms with Crippen LogP contribution in [0.25, 0.3) is 0 Å². The van der Waals surface area contributed by atoms with E-state index in [1.807, 2.05) is 0 Å². The molecule has 0 atom stereocenters. The first kappa shape index (κ1) is 12.9. The van der Waals surface area contributed by atoms with Gasteiger partial charge in [-0.1, -0.05) is 6.07 Å². The van der Waals surface area contributed by atoms with Crippen LogP contribution in [0.2, 0.25) is 0 Å². The number of carbonyl (C=O) groups is 1. The summed E-state index contributed by atoms with van der Waals surface area (Å²) in [5, 5.41) is 11.5. The first-order valence-corrected chi connectivity index (χ1v) is 5.40. The highest BCUT2D eigenvalue weighted by molar-refractivity contribution is 5.95. The van der Waals surface area contributed by atoms with Crippen molar-refractivity contribution < 1.29 is 18.7 Å². The molecule has 1 aromatic heterocycles. The van der Waals surface area contributed by atoms with E-state index in [9.17, 15) is 13.6 Å². The predicted octanol–water partition coefficient (Wildman–Crippen LogP) is 3.11. The molecule has 19 heavy (non-hydrogen) atoms. The van der Waals surface area contributed by atoms with Gasteiger partial charge in [0.05, 0.1) is 11.3 Å². The highest BCUT2D eigenvalue weighted by Crippen LogP contribution is 2.26. The van der Waals surface area contributed by atoms with Crippen LogP contribution in [0.1, 0.15) is 15.9 Å². The Balaban J connectivity index is 2.53. The maximum Gasteiger partial charge on any atom is 0.337 e. The smallest absolute Gasteiger partial charge is 0.337 e.